The molecule has 0 bridgehead atoms. The Labute approximate surface area is 218 Å². The molecule has 1 fully saturated rings. The number of anilines is 4. The van der Waals surface area contributed by atoms with Crippen molar-refractivity contribution < 1.29 is 14.6 Å². The molecule has 5 rings (SSSR count). The van der Waals surface area contributed by atoms with Crippen molar-refractivity contribution in [2.75, 3.05) is 54.4 Å². The highest BCUT2D eigenvalue weighted by molar-refractivity contribution is 5.50. The molecule has 2 aromatic carbocycles. The van der Waals surface area contributed by atoms with Gasteiger partial charge in [0.1, 0.15) is 5.75 Å². The van der Waals surface area contributed by atoms with E-state index in [0.717, 1.165) is 53.5 Å². The van der Waals surface area contributed by atoms with Crippen LogP contribution >= 0.6 is 0 Å². The lowest BCUT2D eigenvalue weighted by Crippen LogP contribution is -2.36. The number of H-pyrrole nitrogens is 1. The molecule has 0 radical (unpaired) electrons. The zero-order chi connectivity index (χ0) is 26.3. The minimum absolute atomic E-state index is 0.114. The van der Waals surface area contributed by atoms with Gasteiger partial charge >= 0.3 is 5.69 Å². The molecule has 0 amide bonds. The van der Waals surface area contributed by atoms with Crippen LogP contribution in [-0.4, -0.2) is 63.1 Å². The molecule has 13 nitrogen and oxygen atoms in total. The third kappa shape index (κ3) is 6.31. The van der Waals surface area contributed by atoms with Gasteiger partial charge in [-0.1, -0.05) is 24.3 Å². The summed E-state index contributed by atoms with van der Waals surface area (Å²) >= 11 is 0. The Balaban J connectivity index is 1.33. The highest BCUT2D eigenvalue weighted by Gasteiger charge is 2.13. The number of nitrogens with one attached hydrogen (secondary N) is 4. The molecular weight excluding hydrogens is 490 g/mol. The standard InChI is InChI=1S/C25H29N9O4/c1-37-20-7-5-17(6-8-20)14-26-22-29-23(31-24(30-22)32-34-16-21(35)28-25(34)36)27-15-18-3-2-4-19(13-18)33-9-11-38-12-10-33/h2-8,13,16,35H,9-12,14-15H2,1H3,(H,28,36)(H3,26,27,29,30,31,32). The summed E-state index contributed by atoms with van der Waals surface area (Å²) in [6.07, 6.45) is 1.20. The Morgan fingerprint density at radius 1 is 0.974 bits per heavy atom. The van der Waals surface area contributed by atoms with Crippen molar-refractivity contribution in [3.8, 4) is 11.6 Å². The predicted octanol–water partition coefficient (Wildman–Crippen LogP) is 2.01. The molecule has 0 unspecified atom stereocenters. The van der Waals surface area contributed by atoms with Crippen LogP contribution < -0.4 is 31.4 Å². The number of nitrogens with zero attached hydrogens (tertiary/aromatic N) is 5. The zero-order valence-corrected chi connectivity index (χ0v) is 20.8. The van der Waals surface area contributed by atoms with Crippen molar-refractivity contribution in [1.29, 1.82) is 0 Å². The van der Waals surface area contributed by atoms with Crippen LogP contribution in [-0.2, 0) is 17.8 Å². The fraction of sp³-hybridized carbons (Fsp3) is 0.280. The lowest BCUT2D eigenvalue weighted by Gasteiger charge is -2.29. The van der Waals surface area contributed by atoms with Gasteiger partial charge in [-0.25, -0.2) is 9.47 Å². The second-order valence-corrected chi connectivity index (χ2v) is 8.56. The van der Waals surface area contributed by atoms with Crippen molar-refractivity contribution in [1.82, 2.24) is 24.6 Å². The topological polar surface area (TPSA) is 154 Å². The van der Waals surface area contributed by atoms with E-state index in [9.17, 15) is 9.90 Å². The first kappa shape index (κ1) is 24.9. The molecule has 1 saturated heterocycles. The Kier molecular flexibility index (Phi) is 7.54. The average molecular weight is 520 g/mol. The Morgan fingerprint density at radius 3 is 2.32 bits per heavy atom. The second-order valence-electron chi connectivity index (χ2n) is 8.56. The molecule has 1 aliphatic rings. The monoisotopic (exact) mass is 519 g/mol. The molecule has 0 saturated carbocycles. The van der Waals surface area contributed by atoms with E-state index in [4.69, 9.17) is 9.47 Å². The van der Waals surface area contributed by atoms with E-state index in [0.29, 0.717) is 25.0 Å². The smallest absolute Gasteiger partial charge is 0.347 e. The maximum Gasteiger partial charge on any atom is 0.347 e. The number of methoxy groups -OCH3 is 1. The van der Waals surface area contributed by atoms with Crippen LogP contribution in [0, 0.1) is 0 Å². The number of benzene rings is 2. The van der Waals surface area contributed by atoms with E-state index in [1.54, 1.807) is 7.11 Å². The number of morpholine rings is 1. The van der Waals surface area contributed by atoms with E-state index >= 15 is 0 Å². The van der Waals surface area contributed by atoms with Gasteiger partial charge in [-0.05, 0) is 35.4 Å². The summed E-state index contributed by atoms with van der Waals surface area (Å²) in [7, 11) is 1.62. The van der Waals surface area contributed by atoms with Crippen molar-refractivity contribution in [3.05, 3.63) is 76.3 Å². The highest BCUT2D eigenvalue weighted by atomic mass is 16.5. The lowest BCUT2D eigenvalue weighted by atomic mass is 10.2. The Hall–Kier alpha value is -4.78. The van der Waals surface area contributed by atoms with Gasteiger partial charge in [-0.15, -0.1) is 0 Å². The van der Waals surface area contributed by atoms with Crippen molar-refractivity contribution >= 4 is 23.5 Å². The van der Waals surface area contributed by atoms with Gasteiger partial charge < -0.3 is 30.1 Å². The number of hydrogen-bond acceptors (Lipinski definition) is 11. The number of aromatic hydroxyl groups is 1. The maximum atomic E-state index is 12.0. The lowest BCUT2D eigenvalue weighted by molar-refractivity contribution is 0.122. The number of aromatic amines is 1. The van der Waals surface area contributed by atoms with Crippen molar-refractivity contribution in [2.24, 2.45) is 0 Å². The summed E-state index contributed by atoms with van der Waals surface area (Å²) in [6, 6.07) is 15.9. The second kappa shape index (κ2) is 11.5. The fourth-order valence-electron chi connectivity index (χ4n) is 3.95. The first-order valence-corrected chi connectivity index (χ1v) is 12.1. The Morgan fingerprint density at radius 2 is 1.66 bits per heavy atom. The van der Waals surface area contributed by atoms with Crippen LogP contribution in [0.3, 0.4) is 0 Å². The van der Waals surface area contributed by atoms with E-state index < -0.39 is 5.69 Å². The molecule has 0 atom stereocenters. The minimum atomic E-state index is -0.565. The summed E-state index contributed by atoms with van der Waals surface area (Å²) in [5.74, 6) is 1.21. The molecule has 1 aliphatic heterocycles. The van der Waals surface area contributed by atoms with Gasteiger partial charge in [0.2, 0.25) is 23.7 Å². The van der Waals surface area contributed by atoms with E-state index in [1.165, 1.54) is 6.20 Å². The molecule has 0 aliphatic carbocycles. The van der Waals surface area contributed by atoms with E-state index in [-0.39, 0.29) is 11.8 Å². The SMILES string of the molecule is COc1ccc(CNc2nc(NCc3cccc(N4CCOCC4)c3)nc(Nn3cc(O)[nH]c3=O)n2)cc1. The summed E-state index contributed by atoms with van der Waals surface area (Å²) in [4.78, 5) is 29.8. The molecule has 4 aromatic rings. The average Bonchev–Trinajstić information content (AvgIpc) is 3.27. The normalized spacial score (nSPS) is 13.2. The summed E-state index contributed by atoms with van der Waals surface area (Å²) in [5.41, 5.74) is 5.41. The van der Waals surface area contributed by atoms with Crippen molar-refractivity contribution in [2.45, 2.75) is 13.1 Å². The van der Waals surface area contributed by atoms with Crippen molar-refractivity contribution in [3.63, 3.8) is 0 Å². The zero-order valence-electron chi connectivity index (χ0n) is 20.8. The molecule has 0 spiro atoms. The molecule has 2 aromatic heterocycles. The van der Waals surface area contributed by atoms with Crippen LogP contribution in [0.15, 0.2) is 59.5 Å². The molecular formula is C25H29N9O4. The van der Waals surface area contributed by atoms with Gasteiger partial charge in [0, 0.05) is 31.9 Å². The molecule has 5 N–H and O–H groups in total. The first-order chi connectivity index (χ1) is 18.6. The quantitative estimate of drug-likeness (QED) is 0.209. The minimum Gasteiger partial charge on any atom is -0.497 e. The van der Waals surface area contributed by atoms with Crippen LogP contribution in [0.1, 0.15) is 11.1 Å². The van der Waals surface area contributed by atoms with Crippen LogP contribution in [0.25, 0.3) is 0 Å². The summed E-state index contributed by atoms with van der Waals surface area (Å²) in [6.45, 7) is 4.09. The van der Waals surface area contributed by atoms with Crippen LogP contribution in [0.4, 0.5) is 23.5 Å². The molecule has 13 heteroatoms. The van der Waals surface area contributed by atoms with E-state index in [1.807, 2.05) is 36.4 Å². The Bertz CT molecular complexity index is 1420. The van der Waals surface area contributed by atoms with Gasteiger partial charge in [-0.2, -0.15) is 15.0 Å². The first-order valence-electron chi connectivity index (χ1n) is 12.1. The largest absolute Gasteiger partial charge is 0.497 e. The van der Waals surface area contributed by atoms with Gasteiger partial charge in [-0.3, -0.25) is 10.4 Å². The van der Waals surface area contributed by atoms with Crippen LogP contribution in [0.5, 0.6) is 11.6 Å². The van der Waals surface area contributed by atoms with Crippen LogP contribution in [0.2, 0.25) is 0 Å². The highest BCUT2D eigenvalue weighted by Crippen LogP contribution is 2.19. The fourth-order valence-corrected chi connectivity index (χ4v) is 3.95. The number of ether oxygens (including phenoxy) is 2. The van der Waals surface area contributed by atoms with Gasteiger partial charge in [0.25, 0.3) is 0 Å². The van der Waals surface area contributed by atoms with Gasteiger partial charge in [0.15, 0.2) is 0 Å². The molecule has 38 heavy (non-hydrogen) atoms. The number of hydrogen-bond donors (Lipinski definition) is 5. The predicted molar refractivity (Wildman–Crippen MR) is 143 cm³/mol. The molecule has 3 heterocycles. The maximum absolute atomic E-state index is 12.0. The summed E-state index contributed by atoms with van der Waals surface area (Å²) < 4.78 is 11.7. The summed E-state index contributed by atoms with van der Waals surface area (Å²) in [5, 5.41) is 16.0. The third-order valence-electron chi connectivity index (χ3n) is 5.91. The number of rotatable bonds is 10. The molecule has 198 valence electrons. The van der Waals surface area contributed by atoms with E-state index in [2.05, 4.69) is 53.0 Å². The third-order valence-corrected chi connectivity index (χ3v) is 5.91. The number of aromatic nitrogens is 5. The number of imidazole rings is 1. The van der Waals surface area contributed by atoms with Gasteiger partial charge in [0.05, 0.1) is 26.5 Å².